The van der Waals surface area contributed by atoms with Gasteiger partial charge in [0.1, 0.15) is 6.04 Å². The highest BCUT2D eigenvalue weighted by Gasteiger charge is 2.31. The molecule has 1 aliphatic rings. The summed E-state index contributed by atoms with van der Waals surface area (Å²) in [6.07, 6.45) is 0.976. The van der Waals surface area contributed by atoms with E-state index >= 15 is 0 Å². The number of aryl methyl sites for hydroxylation is 1. The summed E-state index contributed by atoms with van der Waals surface area (Å²) in [4.78, 5) is 16.0. The van der Waals surface area contributed by atoms with Crippen LogP contribution >= 0.6 is 0 Å². The molecule has 0 aromatic heterocycles. The second-order valence-corrected chi connectivity index (χ2v) is 5.66. The quantitative estimate of drug-likeness (QED) is 0.913. The van der Waals surface area contributed by atoms with Crippen molar-refractivity contribution < 1.29 is 9.90 Å². The summed E-state index contributed by atoms with van der Waals surface area (Å²) < 4.78 is 0. The maximum absolute atomic E-state index is 11.7. The van der Waals surface area contributed by atoms with Crippen LogP contribution in [0.3, 0.4) is 0 Å². The molecule has 2 unspecified atom stereocenters. The SMILES string of the molecule is CCc1ccc(C(C(=O)O)N2CCN(C)C(C)C2)cc1. The zero-order valence-corrected chi connectivity index (χ0v) is 12.5. The van der Waals surface area contributed by atoms with Crippen LogP contribution in [0.4, 0.5) is 0 Å². The van der Waals surface area contributed by atoms with Crippen molar-refractivity contribution in [1.29, 1.82) is 0 Å². The fourth-order valence-corrected chi connectivity index (χ4v) is 2.76. The third-order valence-corrected chi connectivity index (χ3v) is 4.29. The Kier molecular flexibility index (Phi) is 4.78. The first-order valence-corrected chi connectivity index (χ1v) is 7.29. The fourth-order valence-electron chi connectivity index (χ4n) is 2.76. The average Bonchev–Trinajstić information content (AvgIpc) is 2.43. The minimum atomic E-state index is -0.758. The van der Waals surface area contributed by atoms with Crippen LogP contribution in [0.25, 0.3) is 0 Å². The van der Waals surface area contributed by atoms with Gasteiger partial charge in [0.2, 0.25) is 0 Å². The molecule has 110 valence electrons. The summed E-state index contributed by atoms with van der Waals surface area (Å²) in [5.74, 6) is -0.758. The first-order chi connectivity index (χ1) is 9.52. The lowest BCUT2D eigenvalue weighted by atomic mass is 10.0. The molecule has 0 saturated carbocycles. The second kappa shape index (κ2) is 6.37. The van der Waals surface area contributed by atoms with E-state index in [0.29, 0.717) is 6.04 Å². The van der Waals surface area contributed by atoms with Gasteiger partial charge in [-0.15, -0.1) is 0 Å². The van der Waals surface area contributed by atoms with Gasteiger partial charge < -0.3 is 10.0 Å². The van der Waals surface area contributed by atoms with E-state index in [1.807, 2.05) is 24.3 Å². The molecule has 1 saturated heterocycles. The highest BCUT2D eigenvalue weighted by Crippen LogP contribution is 2.24. The largest absolute Gasteiger partial charge is 0.480 e. The first kappa shape index (κ1) is 15.0. The number of carboxylic acids is 1. The van der Waals surface area contributed by atoms with Crippen LogP contribution in [0.5, 0.6) is 0 Å². The van der Waals surface area contributed by atoms with Crippen molar-refractivity contribution in [3.63, 3.8) is 0 Å². The molecule has 1 aromatic carbocycles. The number of rotatable bonds is 4. The van der Waals surface area contributed by atoms with E-state index in [2.05, 4.69) is 30.7 Å². The van der Waals surface area contributed by atoms with Crippen molar-refractivity contribution in [3.8, 4) is 0 Å². The van der Waals surface area contributed by atoms with Crippen molar-refractivity contribution in [2.75, 3.05) is 26.7 Å². The molecule has 0 radical (unpaired) electrons. The summed E-state index contributed by atoms with van der Waals surface area (Å²) in [5, 5.41) is 9.60. The molecule has 2 rings (SSSR count). The first-order valence-electron chi connectivity index (χ1n) is 7.29. The lowest BCUT2D eigenvalue weighted by Crippen LogP contribution is -2.52. The molecule has 0 bridgehead atoms. The molecule has 1 aromatic rings. The van der Waals surface area contributed by atoms with Crippen LogP contribution in [-0.2, 0) is 11.2 Å². The lowest BCUT2D eigenvalue weighted by molar-refractivity contribution is -0.144. The molecule has 1 heterocycles. The number of hydrogen-bond acceptors (Lipinski definition) is 3. The van der Waals surface area contributed by atoms with Gasteiger partial charge in [-0.2, -0.15) is 0 Å². The van der Waals surface area contributed by atoms with Crippen LogP contribution in [0.1, 0.15) is 31.0 Å². The summed E-state index contributed by atoms with van der Waals surface area (Å²) >= 11 is 0. The number of carbonyl (C=O) groups is 1. The smallest absolute Gasteiger partial charge is 0.325 e. The summed E-state index contributed by atoms with van der Waals surface area (Å²) in [5.41, 5.74) is 2.12. The zero-order chi connectivity index (χ0) is 14.7. The van der Waals surface area contributed by atoms with E-state index in [-0.39, 0.29) is 0 Å². The van der Waals surface area contributed by atoms with Crippen molar-refractivity contribution in [3.05, 3.63) is 35.4 Å². The van der Waals surface area contributed by atoms with E-state index in [9.17, 15) is 9.90 Å². The fraction of sp³-hybridized carbons (Fsp3) is 0.562. The molecule has 4 heteroatoms. The van der Waals surface area contributed by atoms with Gasteiger partial charge in [-0.25, -0.2) is 0 Å². The van der Waals surface area contributed by atoms with Gasteiger partial charge in [0.25, 0.3) is 0 Å². The monoisotopic (exact) mass is 276 g/mol. The van der Waals surface area contributed by atoms with Crippen LogP contribution in [-0.4, -0.2) is 53.6 Å². The van der Waals surface area contributed by atoms with Gasteiger partial charge in [-0.05, 0) is 31.5 Å². The van der Waals surface area contributed by atoms with Crippen molar-refractivity contribution in [2.45, 2.75) is 32.4 Å². The molecule has 0 spiro atoms. The Hall–Kier alpha value is -1.39. The number of benzene rings is 1. The number of nitrogens with zero attached hydrogens (tertiary/aromatic N) is 2. The third kappa shape index (κ3) is 3.19. The molecule has 20 heavy (non-hydrogen) atoms. The highest BCUT2D eigenvalue weighted by atomic mass is 16.4. The van der Waals surface area contributed by atoms with Gasteiger partial charge in [-0.3, -0.25) is 9.69 Å². The Morgan fingerprint density at radius 3 is 2.50 bits per heavy atom. The minimum Gasteiger partial charge on any atom is -0.480 e. The van der Waals surface area contributed by atoms with E-state index in [4.69, 9.17) is 0 Å². The molecule has 1 N–H and O–H groups in total. The van der Waals surface area contributed by atoms with Gasteiger partial charge >= 0.3 is 5.97 Å². The Morgan fingerprint density at radius 1 is 1.35 bits per heavy atom. The number of aliphatic carboxylic acids is 1. The Bertz CT molecular complexity index is 458. The molecule has 1 aliphatic heterocycles. The molecule has 0 amide bonds. The number of carboxylic acid groups (broad SMARTS) is 1. The normalized spacial score (nSPS) is 22.6. The standard InChI is InChI=1S/C16H24N2O2/c1-4-13-5-7-14(8-6-13)15(16(19)20)18-10-9-17(3)12(2)11-18/h5-8,12,15H,4,9-11H2,1-3H3,(H,19,20). The molecule has 0 aliphatic carbocycles. The second-order valence-electron chi connectivity index (χ2n) is 5.66. The van der Waals surface area contributed by atoms with Gasteiger partial charge in [-0.1, -0.05) is 31.2 Å². The highest BCUT2D eigenvalue weighted by molar-refractivity contribution is 5.75. The Labute approximate surface area is 121 Å². The Balaban J connectivity index is 2.20. The summed E-state index contributed by atoms with van der Waals surface area (Å²) in [7, 11) is 2.09. The van der Waals surface area contributed by atoms with Crippen molar-refractivity contribution in [1.82, 2.24) is 9.80 Å². The average molecular weight is 276 g/mol. The van der Waals surface area contributed by atoms with Crippen LogP contribution in [0.15, 0.2) is 24.3 Å². The molecular weight excluding hydrogens is 252 g/mol. The van der Waals surface area contributed by atoms with Gasteiger partial charge in [0.15, 0.2) is 0 Å². The number of hydrogen-bond donors (Lipinski definition) is 1. The van der Waals surface area contributed by atoms with Gasteiger partial charge in [0, 0.05) is 25.7 Å². The van der Waals surface area contributed by atoms with E-state index in [0.717, 1.165) is 31.6 Å². The molecule has 1 fully saturated rings. The maximum atomic E-state index is 11.7. The number of piperazine rings is 1. The molecule has 2 atom stereocenters. The van der Waals surface area contributed by atoms with Crippen LogP contribution < -0.4 is 0 Å². The van der Waals surface area contributed by atoms with Crippen LogP contribution in [0.2, 0.25) is 0 Å². The van der Waals surface area contributed by atoms with E-state index in [1.54, 1.807) is 0 Å². The minimum absolute atomic E-state index is 0.389. The predicted octanol–water partition coefficient (Wildman–Crippen LogP) is 2.01. The van der Waals surface area contributed by atoms with Crippen LogP contribution in [0, 0.1) is 0 Å². The number of likely N-dealkylation sites (N-methyl/N-ethyl adjacent to an activating group) is 1. The van der Waals surface area contributed by atoms with Crippen molar-refractivity contribution in [2.24, 2.45) is 0 Å². The summed E-state index contributed by atoms with van der Waals surface area (Å²) in [6.45, 7) is 6.76. The predicted molar refractivity (Wildman–Crippen MR) is 79.9 cm³/mol. The molecular formula is C16H24N2O2. The zero-order valence-electron chi connectivity index (χ0n) is 12.5. The topological polar surface area (TPSA) is 43.8 Å². The van der Waals surface area contributed by atoms with E-state index in [1.165, 1.54) is 5.56 Å². The lowest BCUT2D eigenvalue weighted by Gasteiger charge is -2.40. The summed E-state index contributed by atoms with van der Waals surface area (Å²) in [6, 6.07) is 7.84. The third-order valence-electron chi connectivity index (χ3n) is 4.29. The maximum Gasteiger partial charge on any atom is 0.325 e. The van der Waals surface area contributed by atoms with Crippen molar-refractivity contribution >= 4 is 5.97 Å². The van der Waals surface area contributed by atoms with Gasteiger partial charge in [0.05, 0.1) is 0 Å². The molecule has 4 nitrogen and oxygen atoms in total. The Morgan fingerprint density at radius 2 is 2.00 bits per heavy atom. The van der Waals surface area contributed by atoms with E-state index < -0.39 is 12.0 Å².